The number of pyridine rings is 1. The molecule has 4 heteroatoms. The SMILES string of the molecule is CNC1CN(c2ccnc(NC3C[C@H]4C[C@@H](C3C)C4(C)C)c2)C1. The van der Waals surface area contributed by atoms with Crippen LogP contribution in [-0.4, -0.2) is 37.2 Å². The molecule has 4 aliphatic rings. The lowest BCUT2D eigenvalue weighted by molar-refractivity contribution is -0.105. The van der Waals surface area contributed by atoms with E-state index >= 15 is 0 Å². The van der Waals surface area contributed by atoms with Gasteiger partial charge < -0.3 is 15.5 Å². The Bertz CT molecular complexity index is 578. The largest absolute Gasteiger partial charge is 0.368 e. The van der Waals surface area contributed by atoms with Crippen molar-refractivity contribution in [1.82, 2.24) is 10.3 Å². The number of hydrogen-bond acceptors (Lipinski definition) is 4. The quantitative estimate of drug-likeness (QED) is 0.896. The van der Waals surface area contributed by atoms with Crippen LogP contribution in [0.1, 0.15) is 33.6 Å². The van der Waals surface area contributed by atoms with Gasteiger partial charge in [-0.25, -0.2) is 4.98 Å². The fraction of sp³-hybridized carbons (Fsp3) is 0.737. The fourth-order valence-electron chi connectivity index (χ4n) is 5.10. The van der Waals surface area contributed by atoms with E-state index in [9.17, 15) is 0 Å². The Morgan fingerprint density at radius 3 is 2.70 bits per heavy atom. The summed E-state index contributed by atoms with van der Waals surface area (Å²) in [6.07, 6.45) is 4.67. The Labute approximate surface area is 140 Å². The molecule has 2 unspecified atom stereocenters. The van der Waals surface area contributed by atoms with E-state index in [1.807, 2.05) is 13.2 Å². The maximum atomic E-state index is 4.57. The van der Waals surface area contributed by atoms with Crippen LogP contribution >= 0.6 is 0 Å². The van der Waals surface area contributed by atoms with Gasteiger partial charge in [0.25, 0.3) is 0 Å². The van der Waals surface area contributed by atoms with Crippen LogP contribution in [-0.2, 0) is 0 Å². The fourth-order valence-corrected chi connectivity index (χ4v) is 5.10. The number of rotatable bonds is 4. The van der Waals surface area contributed by atoms with Gasteiger partial charge in [-0.2, -0.15) is 0 Å². The lowest BCUT2D eigenvalue weighted by atomic mass is 9.45. The minimum atomic E-state index is 0.548. The molecule has 2 bridgehead atoms. The van der Waals surface area contributed by atoms with Crippen molar-refractivity contribution in [3.63, 3.8) is 0 Å². The summed E-state index contributed by atoms with van der Waals surface area (Å²) < 4.78 is 0. The zero-order valence-electron chi connectivity index (χ0n) is 14.8. The third-order valence-corrected chi connectivity index (χ3v) is 7.09. The Morgan fingerprint density at radius 2 is 2.04 bits per heavy atom. The van der Waals surface area contributed by atoms with Gasteiger partial charge in [0.1, 0.15) is 5.82 Å². The highest BCUT2D eigenvalue weighted by atomic mass is 15.2. The van der Waals surface area contributed by atoms with Crippen molar-refractivity contribution in [2.24, 2.45) is 23.2 Å². The second-order valence-corrected chi connectivity index (χ2v) is 8.50. The highest BCUT2D eigenvalue weighted by molar-refractivity contribution is 5.56. The number of aromatic nitrogens is 1. The molecule has 23 heavy (non-hydrogen) atoms. The molecular weight excluding hydrogens is 284 g/mol. The van der Waals surface area contributed by atoms with Crippen LogP contribution in [0.5, 0.6) is 0 Å². The van der Waals surface area contributed by atoms with Gasteiger partial charge in [0.15, 0.2) is 0 Å². The average molecular weight is 314 g/mol. The Kier molecular flexibility index (Phi) is 3.56. The summed E-state index contributed by atoms with van der Waals surface area (Å²) in [6.45, 7) is 9.53. The van der Waals surface area contributed by atoms with Crippen molar-refractivity contribution < 1.29 is 0 Å². The summed E-state index contributed by atoms with van der Waals surface area (Å²) in [4.78, 5) is 6.99. The molecule has 1 aromatic heterocycles. The smallest absolute Gasteiger partial charge is 0.128 e. The standard InChI is InChI=1S/C19H30N4/c1-12-16-7-13(19(16,2)3)8-17(12)22-18-9-15(5-6-21-18)23-10-14(11-23)20-4/h5-6,9,12-14,16-17,20H,7-8,10-11H2,1-4H3,(H,21,22)/t12?,13-,16+,17?/m1/s1. The van der Waals surface area contributed by atoms with Crippen LogP contribution in [0.15, 0.2) is 18.3 Å². The molecule has 4 fully saturated rings. The highest BCUT2D eigenvalue weighted by Crippen LogP contribution is 2.61. The molecule has 3 saturated carbocycles. The average Bonchev–Trinajstić information content (AvgIpc) is 2.48. The summed E-state index contributed by atoms with van der Waals surface area (Å²) in [7, 11) is 2.04. The number of nitrogens with one attached hydrogen (secondary N) is 2. The molecule has 0 radical (unpaired) electrons. The van der Waals surface area contributed by atoms with E-state index in [0.717, 1.165) is 36.7 Å². The lowest BCUT2D eigenvalue weighted by Crippen LogP contribution is -2.58. The molecular formula is C19H30N4. The van der Waals surface area contributed by atoms with Gasteiger partial charge in [0.2, 0.25) is 0 Å². The summed E-state index contributed by atoms with van der Waals surface area (Å²) in [5.74, 6) is 3.54. The molecule has 0 aromatic carbocycles. The predicted octanol–water partition coefficient (Wildman–Crippen LogP) is 2.97. The summed E-state index contributed by atoms with van der Waals surface area (Å²) in [5, 5.41) is 7.08. The van der Waals surface area contributed by atoms with Crippen LogP contribution in [0, 0.1) is 23.2 Å². The predicted molar refractivity (Wildman–Crippen MR) is 95.9 cm³/mol. The minimum Gasteiger partial charge on any atom is -0.368 e. The molecule has 0 amide bonds. The van der Waals surface area contributed by atoms with Gasteiger partial charge in [0.05, 0.1) is 0 Å². The molecule has 126 valence electrons. The van der Waals surface area contributed by atoms with Gasteiger partial charge in [-0.05, 0) is 49.1 Å². The molecule has 1 aliphatic heterocycles. The first kappa shape index (κ1) is 15.3. The summed E-state index contributed by atoms with van der Waals surface area (Å²) in [6, 6.07) is 5.56. The third-order valence-electron chi connectivity index (χ3n) is 7.09. The van der Waals surface area contributed by atoms with Gasteiger partial charge in [0, 0.05) is 43.1 Å². The molecule has 1 saturated heterocycles. The van der Waals surface area contributed by atoms with Crippen LogP contribution in [0.3, 0.4) is 0 Å². The van der Waals surface area contributed by atoms with Gasteiger partial charge in [-0.15, -0.1) is 0 Å². The second-order valence-electron chi connectivity index (χ2n) is 8.50. The van der Waals surface area contributed by atoms with Gasteiger partial charge >= 0.3 is 0 Å². The van der Waals surface area contributed by atoms with Gasteiger partial charge in [-0.1, -0.05) is 20.8 Å². The maximum Gasteiger partial charge on any atom is 0.128 e. The zero-order chi connectivity index (χ0) is 16.2. The zero-order valence-corrected chi connectivity index (χ0v) is 14.8. The van der Waals surface area contributed by atoms with Crippen LogP contribution < -0.4 is 15.5 Å². The normalized spacial score (nSPS) is 35.4. The highest BCUT2D eigenvalue weighted by Gasteiger charge is 2.56. The van der Waals surface area contributed by atoms with E-state index < -0.39 is 0 Å². The topological polar surface area (TPSA) is 40.2 Å². The second kappa shape index (κ2) is 5.37. The molecule has 4 atom stereocenters. The van der Waals surface area contributed by atoms with Crippen molar-refractivity contribution in [2.75, 3.05) is 30.4 Å². The number of nitrogens with zero attached hydrogens (tertiary/aromatic N) is 2. The van der Waals surface area contributed by atoms with Crippen LogP contribution in [0.2, 0.25) is 0 Å². The van der Waals surface area contributed by atoms with Crippen molar-refractivity contribution in [1.29, 1.82) is 0 Å². The molecule has 3 aliphatic carbocycles. The molecule has 2 heterocycles. The number of anilines is 2. The monoisotopic (exact) mass is 314 g/mol. The van der Waals surface area contributed by atoms with E-state index in [1.54, 1.807) is 0 Å². The van der Waals surface area contributed by atoms with E-state index in [0.29, 0.717) is 17.5 Å². The first-order valence-electron chi connectivity index (χ1n) is 9.14. The van der Waals surface area contributed by atoms with E-state index in [1.165, 1.54) is 18.5 Å². The van der Waals surface area contributed by atoms with Crippen LogP contribution in [0.4, 0.5) is 11.5 Å². The molecule has 4 nitrogen and oxygen atoms in total. The number of fused-ring (bicyclic) bond motifs is 2. The van der Waals surface area contributed by atoms with Crippen LogP contribution in [0.25, 0.3) is 0 Å². The van der Waals surface area contributed by atoms with Crippen molar-refractivity contribution >= 4 is 11.5 Å². The van der Waals surface area contributed by atoms with Gasteiger partial charge in [-0.3, -0.25) is 0 Å². The molecule has 0 spiro atoms. The molecule has 2 N–H and O–H groups in total. The molecule has 5 rings (SSSR count). The minimum absolute atomic E-state index is 0.548. The number of likely N-dealkylation sites (N-methyl/N-ethyl adjacent to an activating group) is 1. The van der Waals surface area contributed by atoms with Crippen molar-refractivity contribution in [3.05, 3.63) is 18.3 Å². The first-order valence-corrected chi connectivity index (χ1v) is 9.14. The summed E-state index contributed by atoms with van der Waals surface area (Å²) >= 11 is 0. The van der Waals surface area contributed by atoms with Crippen molar-refractivity contribution in [2.45, 2.75) is 45.7 Å². The van der Waals surface area contributed by atoms with E-state index in [-0.39, 0.29) is 0 Å². The molecule has 1 aromatic rings. The lowest BCUT2D eigenvalue weighted by Gasteiger charge is -2.62. The first-order chi connectivity index (χ1) is 11.0. The Hall–Kier alpha value is -1.29. The Morgan fingerprint density at radius 1 is 1.26 bits per heavy atom. The summed E-state index contributed by atoms with van der Waals surface area (Å²) in [5.41, 5.74) is 1.84. The van der Waals surface area contributed by atoms with E-state index in [2.05, 4.69) is 53.4 Å². The Balaban J connectivity index is 1.42. The maximum absolute atomic E-state index is 4.57. The third kappa shape index (κ3) is 2.42. The number of hydrogen-bond donors (Lipinski definition) is 2. The van der Waals surface area contributed by atoms with E-state index in [4.69, 9.17) is 0 Å². The van der Waals surface area contributed by atoms with Crippen molar-refractivity contribution in [3.8, 4) is 0 Å².